The van der Waals surface area contributed by atoms with Gasteiger partial charge in [0, 0.05) is 6.54 Å². The minimum atomic E-state index is -0.663. The summed E-state index contributed by atoms with van der Waals surface area (Å²) in [7, 11) is 0. The van der Waals surface area contributed by atoms with Gasteiger partial charge in [0.25, 0.3) is 0 Å². The molecule has 4 nitrogen and oxygen atoms in total. The topological polar surface area (TPSA) is 60.9 Å². The summed E-state index contributed by atoms with van der Waals surface area (Å²) in [5.74, 6) is -0.132. The normalized spacial score (nSPS) is 12.4. The molecule has 0 spiro atoms. The predicted molar refractivity (Wildman–Crippen MR) is 73.3 cm³/mol. The summed E-state index contributed by atoms with van der Waals surface area (Å²) in [5, 5.41) is 4.12. The average Bonchev–Trinajstić information content (AvgIpc) is 2.79. The highest BCUT2D eigenvalue weighted by Gasteiger charge is 2.23. The van der Waals surface area contributed by atoms with E-state index in [4.69, 9.17) is 5.73 Å². The van der Waals surface area contributed by atoms with Crippen molar-refractivity contribution in [2.75, 3.05) is 0 Å². The number of aromatic nitrogens is 2. The van der Waals surface area contributed by atoms with Gasteiger partial charge in [0.1, 0.15) is 5.69 Å². The lowest BCUT2D eigenvalue weighted by Crippen LogP contribution is -2.24. The number of carbonyl (C=O) groups is 1. The van der Waals surface area contributed by atoms with Crippen molar-refractivity contribution in [1.82, 2.24) is 9.78 Å². The van der Waals surface area contributed by atoms with Crippen LogP contribution in [0.3, 0.4) is 0 Å². The Hall–Kier alpha value is -1.46. The second kappa shape index (κ2) is 5.46. The number of hydrogen-bond donors (Lipinski definition) is 1. The number of hydrogen-bond acceptors (Lipinski definition) is 3. The monoisotopic (exact) mass is 307 g/mol. The quantitative estimate of drug-likeness (QED) is 0.883. The highest BCUT2D eigenvalue weighted by atomic mass is 79.9. The van der Waals surface area contributed by atoms with Crippen molar-refractivity contribution in [2.45, 2.75) is 19.5 Å². The van der Waals surface area contributed by atoms with Crippen molar-refractivity contribution in [3.8, 4) is 0 Å². The van der Waals surface area contributed by atoms with Gasteiger partial charge in [-0.25, -0.2) is 0 Å². The van der Waals surface area contributed by atoms with E-state index in [9.17, 15) is 4.79 Å². The van der Waals surface area contributed by atoms with Crippen LogP contribution in [0.25, 0.3) is 0 Å². The maximum Gasteiger partial charge on any atom is 0.203 e. The van der Waals surface area contributed by atoms with Crippen LogP contribution in [0.5, 0.6) is 0 Å². The van der Waals surface area contributed by atoms with E-state index in [0.717, 1.165) is 5.56 Å². The maximum atomic E-state index is 12.4. The molecule has 0 bridgehead atoms. The van der Waals surface area contributed by atoms with Crippen LogP contribution in [-0.2, 0) is 6.54 Å². The molecule has 94 valence electrons. The highest BCUT2D eigenvalue weighted by Crippen LogP contribution is 2.22. The summed E-state index contributed by atoms with van der Waals surface area (Å²) in [6.07, 6.45) is 1.62. The summed E-state index contributed by atoms with van der Waals surface area (Å²) in [5.41, 5.74) is 7.34. The van der Waals surface area contributed by atoms with Crippen molar-refractivity contribution >= 4 is 21.7 Å². The Morgan fingerprint density at radius 2 is 2.11 bits per heavy atom. The molecule has 0 amide bonds. The van der Waals surface area contributed by atoms with Crippen LogP contribution >= 0.6 is 15.9 Å². The van der Waals surface area contributed by atoms with Crippen LogP contribution in [0.15, 0.2) is 41.0 Å². The van der Waals surface area contributed by atoms with Gasteiger partial charge in [-0.1, -0.05) is 30.3 Å². The molecule has 2 aromatic rings. The number of ketones is 1. The van der Waals surface area contributed by atoms with Gasteiger partial charge in [-0.3, -0.25) is 9.48 Å². The summed E-state index contributed by atoms with van der Waals surface area (Å²) >= 11 is 3.34. The number of nitrogens with two attached hydrogens (primary N) is 1. The Kier molecular flexibility index (Phi) is 3.93. The molecule has 1 heterocycles. The van der Waals surface area contributed by atoms with E-state index in [0.29, 0.717) is 16.7 Å². The third-order valence-electron chi connectivity index (χ3n) is 2.77. The third-order valence-corrected chi connectivity index (χ3v) is 3.35. The lowest BCUT2D eigenvalue weighted by molar-refractivity contribution is 0.0950. The van der Waals surface area contributed by atoms with E-state index in [1.807, 2.05) is 37.3 Å². The van der Waals surface area contributed by atoms with Gasteiger partial charge in [-0.2, -0.15) is 5.10 Å². The van der Waals surface area contributed by atoms with Crippen LogP contribution in [0.4, 0.5) is 0 Å². The smallest absolute Gasteiger partial charge is 0.203 e. The predicted octanol–water partition coefficient (Wildman–Crippen LogP) is 2.55. The van der Waals surface area contributed by atoms with E-state index in [1.54, 1.807) is 10.9 Å². The fourth-order valence-electron chi connectivity index (χ4n) is 1.81. The zero-order chi connectivity index (χ0) is 13.1. The number of aryl methyl sites for hydroxylation is 1. The van der Waals surface area contributed by atoms with Gasteiger partial charge in [-0.05, 0) is 28.4 Å². The van der Waals surface area contributed by atoms with Gasteiger partial charge < -0.3 is 5.73 Å². The zero-order valence-corrected chi connectivity index (χ0v) is 11.6. The van der Waals surface area contributed by atoms with Gasteiger partial charge in [0.2, 0.25) is 5.78 Å². The Bertz CT molecular complexity index is 551. The standard InChI is InChI=1S/C13H14BrN3O/c1-2-17-12(10(14)8-16-17)13(18)11(15)9-6-4-3-5-7-9/h3-8,11H,2,15H2,1H3. The molecule has 2 rings (SSSR count). The Labute approximate surface area is 114 Å². The highest BCUT2D eigenvalue weighted by molar-refractivity contribution is 9.10. The molecular weight excluding hydrogens is 294 g/mol. The fraction of sp³-hybridized carbons (Fsp3) is 0.231. The zero-order valence-electron chi connectivity index (χ0n) is 10.0. The number of nitrogens with zero attached hydrogens (tertiary/aromatic N) is 2. The molecule has 0 aliphatic heterocycles. The van der Waals surface area contributed by atoms with Gasteiger partial charge in [-0.15, -0.1) is 0 Å². The molecule has 1 atom stereocenters. The lowest BCUT2D eigenvalue weighted by Gasteiger charge is -2.12. The molecule has 0 aliphatic rings. The van der Waals surface area contributed by atoms with E-state index in [-0.39, 0.29) is 5.78 Å². The summed E-state index contributed by atoms with van der Waals surface area (Å²) in [4.78, 5) is 12.4. The minimum absolute atomic E-state index is 0.132. The molecule has 0 radical (unpaired) electrons. The first-order valence-electron chi connectivity index (χ1n) is 5.71. The summed E-state index contributed by atoms with van der Waals surface area (Å²) < 4.78 is 2.33. The number of halogens is 1. The first-order valence-corrected chi connectivity index (χ1v) is 6.50. The fourth-order valence-corrected chi connectivity index (χ4v) is 2.30. The molecule has 0 fully saturated rings. The molecule has 18 heavy (non-hydrogen) atoms. The average molecular weight is 308 g/mol. The largest absolute Gasteiger partial charge is 0.317 e. The van der Waals surface area contributed by atoms with Gasteiger partial charge in [0.05, 0.1) is 16.7 Å². The van der Waals surface area contributed by atoms with Crippen molar-refractivity contribution in [2.24, 2.45) is 5.73 Å². The molecule has 0 saturated carbocycles. The molecule has 0 saturated heterocycles. The Morgan fingerprint density at radius 3 is 2.72 bits per heavy atom. The molecule has 5 heteroatoms. The first kappa shape index (κ1) is 13.0. The van der Waals surface area contributed by atoms with Crippen LogP contribution in [0.2, 0.25) is 0 Å². The third kappa shape index (κ3) is 2.37. The van der Waals surface area contributed by atoms with E-state index in [1.165, 1.54) is 0 Å². The van der Waals surface area contributed by atoms with E-state index < -0.39 is 6.04 Å². The molecule has 1 unspecified atom stereocenters. The van der Waals surface area contributed by atoms with Crippen LogP contribution in [0.1, 0.15) is 29.0 Å². The van der Waals surface area contributed by atoms with Crippen LogP contribution in [-0.4, -0.2) is 15.6 Å². The van der Waals surface area contributed by atoms with Crippen LogP contribution in [0, 0.1) is 0 Å². The van der Waals surface area contributed by atoms with Crippen molar-refractivity contribution < 1.29 is 4.79 Å². The second-order valence-electron chi connectivity index (χ2n) is 3.91. The lowest BCUT2D eigenvalue weighted by atomic mass is 10.0. The summed E-state index contributed by atoms with van der Waals surface area (Å²) in [6, 6.07) is 8.67. The molecule has 1 aromatic carbocycles. The van der Waals surface area contributed by atoms with E-state index in [2.05, 4.69) is 21.0 Å². The number of benzene rings is 1. The molecule has 1 aromatic heterocycles. The van der Waals surface area contributed by atoms with Gasteiger partial charge >= 0.3 is 0 Å². The SMILES string of the molecule is CCn1ncc(Br)c1C(=O)C(N)c1ccccc1. The van der Waals surface area contributed by atoms with Crippen molar-refractivity contribution in [1.29, 1.82) is 0 Å². The van der Waals surface area contributed by atoms with Gasteiger partial charge in [0.15, 0.2) is 0 Å². The number of rotatable bonds is 4. The van der Waals surface area contributed by atoms with Crippen LogP contribution < -0.4 is 5.73 Å². The van der Waals surface area contributed by atoms with Crippen molar-refractivity contribution in [3.05, 3.63) is 52.3 Å². The Morgan fingerprint density at radius 1 is 1.44 bits per heavy atom. The second-order valence-corrected chi connectivity index (χ2v) is 4.76. The number of Topliss-reactive ketones (excluding diaryl/α,β-unsaturated/α-hetero) is 1. The summed E-state index contributed by atoms with van der Waals surface area (Å²) in [6.45, 7) is 2.57. The molecule has 2 N–H and O–H groups in total. The van der Waals surface area contributed by atoms with E-state index >= 15 is 0 Å². The van der Waals surface area contributed by atoms with Crippen molar-refractivity contribution in [3.63, 3.8) is 0 Å². The molecule has 0 aliphatic carbocycles. The number of carbonyl (C=O) groups excluding carboxylic acids is 1. The first-order chi connectivity index (χ1) is 8.65. The molecular formula is C13H14BrN3O. The Balaban J connectivity index is 2.34. The maximum absolute atomic E-state index is 12.4. The minimum Gasteiger partial charge on any atom is -0.317 e.